The van der Waals surface area contributed by atoms with E-state index in [4.69, 9.17) is 10.5 Å². The van der Waals surface area contributed by atoms with Gasteiger partial charge in [-0.2, -0.15) is 0 Å². The van der Waals surface area contributed by atoms with E-state index < -0.39 is 0 Å². The zero-order chi connectivity index (χ0) is 13.0. The number of likely N-dealkylation sites (N-methyl/N-ethyl adjacent to an activating group) is 1. The number of nitrogens with zero attached hydrogens (tertiary/aromatic N) is 2. The van der Waals surface area contributed by atoms with Crippen molar-refractivity contribution < 1.29 is 4.74 Å². The largest absolute Gasteiger partial charge is 0.381 e. The Morgan fingerprint density at radius 3 is 3.11 bits per heavy atom. The van der Waals surface area contributed by atoms with Crippen LogP contribution in [-0.2, 0) is 11.3 Å². The van der Waals surface area contributed by atoms with Crippen molar-refractivity contribution in [1.82, 2.24) is 9.88 Å². The predicted octanol–water partition coefficient (Wildman–Crippen LogP) is 1.86. The molecule has 1 heterocycles. The highest BCUT2D eigenvalue weighted by molar-refractivity contribution is 7.07. The lowest BCUT2D eigenvalue weighted by atomic mass is 9.79. The molecule has 5 heteroatoms. The van der Waals surface area contributed by atoms with E-state index in [-0.39, 0.29) is 5.54 Å². The molecular formula is C13H23N3OS. The van der Waals surface area contributed by atoms with E-state index in [9.17, 15) is 0 Å². The molecule has 2 unspecified atom stereocenters. The summed E-state index contributed by atoms with van der Waals surface area (Å²) >= 11 is 1.65. The first-order valence-corrected chi connectivity index (χ1v) is 7.45. The number of aromatic nitrogens is 1. The maximum atomic E-state index is 6.07. The summed E-state index contributed by atoms with van der Waals surface area (Å²) in [5, 5.41) is 2.11. The summed E-state index contributed by atoms with van der Waals surface area (Å²) in [5.74, 6) is 0. The van der Waals surface area contributed by atoms with Crippen molar-refractivity contribution in [2.45, 2.75) is 43.9 Å². The van der Waals surface area contributed by atoms with Crippen molar-refractivity contribution in [1.29, 1.82) is 0 Å². The van der Waals surface area contributed by atoms with E-state index in [1.807, 2.05) is 5.51 Å². The Morgan fingerprint density at radius 1 is 1.67 bits per heavy atom. The molecule has 0 bridgehead atoms. The molecule has 2 atom stereocenters. The van der Waals surface area contributed by atoms with Crippen LogP contribution in [0.2, 0.25) is 0 Å². The molecule has 1 saturated carbocycles. The monoisotopic (exact) mass is 269 g/mol. The molecule has 2 rings (SSSR count). The highest BCUT2D eigenvalue weighted by atomic mass is 32.1. The molecule has 4 nitrogen and oxygen atoms in total. The van der Waals surface area contributed by atoms with Gasteiger partial charge in [0.05, 0.1) is 17.3 Å². The molecule has 102 valence electrons. The molecule has 2 N–H and O–H groups in total. The van der Waals surface area contributed by atoms with Crippen LogP contribution < -0.4 is 5.73 Å². The van der Waals surface area contributed by atoms with Gasteiger partial charge in [0, 0.05) is 31.1 Å². The summed E-state index contributed by atoms with van der Waals surface area (Å²) in [5.41, 5.74) is 9.16. The summed E-state index contributed by atoms with van der Waals surface area (Å²) in [6, 6.07) is 0. The van der Waals surface area contributed by atoms with Gasteiger partial charge in [0.1, 0.15) is 0 Å². The van der Waals surface area contributed by atoms with E-state index >= 15 is 0 Å². The summed E-state index contributed by atoms with van der Waals surface area (Å²) in [7, 11) is 3.96. The molecule has 0 radical (unpaired) electrons. The second-order valence-corrected chi connectivity index (χ2v) is 5.94. The van der Waals surface area contributed by atoms with Crippen molar-refractivity contribution in [2.75, 3.05) is 20.7 Å². The fourth-order valence-electron chi connectivity index (χ4n) is 2.90. The van der Waals surface area contributed by atoms with Crippen molar-refractivity contribution in [3.05, 3.63) is 16.6 Å². The van der Waals surface area contributed by atoms with Gasteiger partial charge in [-0.25, -0.2) is 4.98 Å². The first-order valence-electron chi connectivity index (χ1n) is 6.51. The number of hydrogen-bond donors (Lipinski definition) is 1. The Bertz CT molecular complexity index is 357. The lowest BCUT2D eigenvalue weighted by Crippen LogP contribution is -2.55. The van der Waals surface area contributed by atoms with E-state index in [1.165, 1.54) is 6.42 Å². The van der Waals surface area contributed by atoms with Crippen LogP contribution in [0.3, 0.4) is 0 Å². The molecule has 1 aliphatic rings. The number of thiazole rings is 1. The summed E-state index contributed by atoms with van der Waals surface area (Å²) in [4.78, 5) is 6.73. The first-order chi connectivity index (χ1) is 8.70. The van der Waals surface area contributed by atoms with Crippen LogP contribution in [-0.4, -0.2) is 42.2 Å². The van der Waals surface area contributed by atoms with E-state index in [2.05, 4.69) is 22.3 Å². The minimum Gasteiger partial charge on any atom is -0.381 e. The predicted molar refractivity (Wildman–Crippen MR) is 74.6 cm³/mol. The number of rotatable bonds is 5. The minimum absolute atomic E-state index is 0.0720. The molecule has 1 aromatic heterocycles. The number of hydrogen-bond acceptors (Lipinski definition) is 5. The van der Waals surface area contributed by atoms with Gasteiger partial charge < -0.3 is 10.5 Å². The smallest absolute Gasteiger partial charge is 0.0795 e. The van der Waals surface area contributed by atoms with Crippen LogP contribution in [0.15, 0.2) is 10.9 Å². The van der Waals surface area contributed by atoms with Crippen LogP contribution in [0.5, 0.6) is 0 Å². The quantitative estimate of drug-likeness (QED) is 0.886. The van der Waals surface area contributed by atoms with Crippen LogP contribution >= 0.6 is 11.3 Å². The number of nitrogens with two attached hydrogens (primary N) is 1. The average Bonchev–Trinajstić information content (AvgIpc) is 2.91. The Hall–Kier alpha value is -0.490. The van der Waals surface area contributed by atoms with Crippen molar-refractivity contribution in [3.8, 4) is 0 Å². The minimum atomic E-state index is 0.0720. The highest BCUT2D eigenvalue weighted by Gasteiger charge is 2.38. The molecule has 1 aliphatic carbocycles. The van der Waals surface area contributed by atoms with Crippen molar-refractivity contribution in [3.63, 3.8) is 0 Å². The molecule has 0 spiro atoms. The summed E-state index contributed by atoms with van der Waals surface area (Å²) < 4.78 is 5.54. The van der Waals surface area contributed by atoms with E-state index in [0.29, 0.717) is 12.6 Å². The normalized spacial score (nSPS) is 28.8. The fourth-order valence-corrected chi connectivity index (χ4v) is 3.45. The number of methoxy groups -OCH3 is 1. The molecule has 0 aromatic carbocycles. The van der Waals surface area contributed by atoms with Gasteiger partial charge in [-0.3, -0.25) is 4.90 Å². The standard InChI is InChI=1S/C13H23N3OS/c1-16(7-11-8-18-10-15-11)13(9-14)5-3-4-12(6-13)17-2/h8,10,12H,3-7,9,14H2,1-2H3. The molecule has 1 aromatic rings. The maximum absolute atomic E-state index is 6.07. The molecule has 0 amide bonds. The van der Waals surface area contributed by atoms with Crippen molar-refractivity contribution in [2.24, 2.45) is 5.73 Å². The van der Waals surface area contributed by atoms with Gasteiger partial charge in [0.15, 0.2) is 0 Å². The molecule has 0 saturated heterocycles. The van der Waals surface area contributed by atoms with Gasteiger partial charge in [-0.05, 0) is 32.7 Å². The van der Waals surface area contributed by atoms with Crippen LogP contribution in [0.1, 0.15) is 31.4 Å². The second-order valence-electron chi connectivity index (χ2n) is 5.22. The first kappa shape index (κ1) is 13.9. The lowest BCUT2D eigenvalue weighted by Gasteiger charge is -2.46. The SMILES string of the molecule is COC1CCCC(CN)(N(C)Cc2cscn2)C1. The van der Waals surface area contributed by atoms with Gasteiger partial charge in [0.2, 0.25) is 0 Å². The maximum Gasteiger partial charge on any atom is 0.0795 e. The zero-order valence-corrected chi connectivity index (χ0v) is 12.1. The Labute approximate surface area is 113 Å². The topological polar surface area (TPSA) is 51.4 Å². The second kappa shape index (κ2) is 6.10. The summed E-state index contributed by atoms with van der Waals surface area (Å²) in [6.45, 7) is 1.56. The molecular weight excluding hydrogens is 246 g/mol. The molecule has 0 aliphatic heterocycles. The highest BCUT2D eigenvalue weighted by Crippen LogP contribution is 2.34. The summed E-state index contributed by atoms with van der Waals surface area (Å²) in [6.07, 6.45) is 4.88. The Balaban J connectivity index is 2.05. The lowest BCUT2D eigenvalue weighted by molar-refractivity contribution is -0.0152. The van der Waals surface area contributed by atoms with E-state index in [0.717, 1.165) is 31.5 Å². The molecule has 18 heavy (non-hydrogen) atoms. The van der Waals surface area contributed by atoms with Crippen LogP contribution in [0, 0.1) is 0 Å². The third-order valence-corrected chi connectivity index (χ3v) is 4.82. The average molecular weight is 269 g/mol. The van der Waals surface area contributed by atoms with Crippen molar-refractivity contribution >= 4 is 11.3 Å². The van der Waals surface area contributed by atoms with Gasteiger partial charge in [-0.1, -0.05) is 0 Å². The van der Waals surface area contributed by atoms with Crippen LogP contribution in [0.25, 0.3) is 0 Å². The number of ether oxygens (including phenoxy) is 1. The Morgan fingerprint density at radius 2 is 2.50 bits per heavy atom. The molecule has 1 fully saturated rings. The van der Waals surface area contributed by atoms with Gasteiger partial charge >= 0.3 is 0 Å². The fraction of sp³-hybridized carbons (Fsp3) is 0.769. The zero-order valence-electron chi connectivity index (χ0n) is 11.3. The third-order valence-electron chi connectivity index (χ3n) is 4.18. The third kappa shape index (κ3) is 2.91. The Kier molecular flexibility index (Phi) is 4.72. The van der Waals surface area contributed by atoms with E-state index in [1.54, 1.807) is 18.4 Å². The van der Waals surface area contributed by atoms with Gasteiger partial charge in [0.25, 0.3) is 0 Å². The van der Waals surface area contributed by atoms with Crippen LogP contribution in [0.4, 0.5) is 0 Å². The van der Waals surface area contributed by atoms with Gasteiger partial charge in [-0.15, -0.1) is 11.3 Å².